The van der Waals surface area contributed by atoms with E-state index in [0.29, 0.717) is 13.0 Å². The second kappa shape index (κ2) is 8.62. The van der Waals surface area contributed by atoms with Crippen LogP contribution >= 0.6 is 0 Å². The van der Waals surface area contributed by atoms with Crippen LogP contribution in [0, 0.1) is 0 Å². The average molecular weight is 338 g/mol. The van der Waals surface area contributed by atoms with E-state index in [1.165, 1.54) is 5.69 Å². The number of rotatable bonds is 6. The van der Waals surface area contributed by atoms with E-state index in [9.17, 15) is 4.79 Å². The molecule has 1 aliphatic rings. The highest BCUT2D eigenvalue weighted by Crippen LogP contribution is 2.16. The van der Waals surface area contributed by atoms with Gasteiger partial charge in [0.2, 0.25) is 5.91 Å². The number of piperazine rings is 1. The van der Waals surface area contributed by atoms with Crippen LogP contribution in [0.5, 0.6) is 0 Å². The van der Waals surface area contributed by atoms with Gasteiger partial charge in [-0.15, -0.1) is 0 Å². The first-order valence-electron chi connectivity index (χ1n) is 8.96. The fourth-order valence-electron chi connectivity index (χ4n) is 3.14. The number of carbonyl (C=O) groups is 1. The highest BCUT2D eigenvalue weighted by molar-refractivity contribution is 5.76. The molecule has 1 N–H and O–H groups in total. The molecule has 25 heavy (non-hydrogen) atoms. The third-order valence-electron chi connectivity index (χ3n) is 4.67. The van der Waals surface area contributed by atoms with E-state index in [2.05, 4.69) is 46.4 Å². The minimum atomic E-state index is 0.156. The van der Waals surface area contributed by atoms with E-state index in [0.717, 1.165) is 31.9 Å². The van der Waals surface area contributed by atoms with Crippen LogP contribution in [0.1, 0.15) is 25.1 Å². The lowest BCUT2D eigenvalue weighted by Crippen LogP contribution is -2.49. The van der Waals surface area contributed by atoms with Crippen molar-refractivity contribution in [2.24, 2.45) is 0 Å². The number of nitrogens with one attached hydrogen (secondary N) is 1. The Morgan fingerprint density at radius 1 is 1.08 bits per heavy atom. The quantitative estimate of drug-likeness (QED) is 0.879. The van der Waals surface area contributed by atoms with Gasteiger partial charge in [-0.25, -0.2) is 0 Å². The molecule has 1 aromatic heterocycles. The van der Waals surface area contributed by atoms with Gasteiger partial charge in [-0.05, 0) is 31.2 Å². The van der Waals surface area contributed by atoms with Crippen molar-refractivity contribution in [1.82, 2.24) is 15.2 Å². The molecule has 1 atom stereocenters. The first-order chi connectivity index (χ1) is 12.2. The molecule has 5 heteroatoms. The van der Waals surface area contributed by atoms with Crippen molar-refractivity contribution in [3.05, 3.63) is 60.4 Å². The predicted molar refractivity (Wildman–Crippen MR) is 101 cm³/mol. The molecule has 1 saturated heterocycles. The van der Waals surface area contributed by atoms with Crippen molar-refractivity contribution in [1.29, 1.82) is 0 Å². The van der Waals surface area contributed by atoms with Gasteiger partial charge in [-0.3, -0.25) is 9.78 Å². The smallest absolute Gasteiger partial charge is 0.223 e. The molecule has 3 rings (SSSR count). The van der Waals surface area contributed by atoms with E-state index in [4.69, 9.17) is 0 Å². The molecule has 132 valence electrons. The first-order valence-corrected chi connectivity index (χ1v) is 8.96. The monoisotopic (exact) mass is 338 g/mol. The summed E-state index contributed by atoms with van der Waals surface area (Å²) in [6, 6.07) is 16.4. The Balaban J connectivity index is 1.39. The molecule has 2 aromatic rings. The van der Waals surface area contributed by atoms with Gasteiger partial charge in [0.25, 0.3) is 0 Å². The zero-order valence-electron chi connectivity index (χ0n) is 14.8. The molecule has 0 spiro atoms. The Hall–Kier alpha value is -2.40. The van der Waals surface area contributed by atoms with Crippen LogP contribution in [0.25, 0.3) is 0 Å². The predicted octanol–water partition coefficient (Wildman–Crippen LogP) is 2.47. The zero-order valence-corrected chi connectivity index (χ0v) is 14.8. The Kier molecular flexibility index (Phi) is 6.01. The normalized spacial score (nSPS) is 15.9. The minimum absolute atomic E-state index is 0.156. The fourth-order valence-corrected chi connectivity index (χ4v) is 3.14. The van der Waals surface area contributed by atoms with E-state index < -0.39 is 0 Å². The van der Waals surface area contributed by atoms with Crippen molar-refractivity contribution >= 4 is 11.6 Å². The Morgan fingerprint density at radius 2 is 1.80 bits per heavy atom. The highest BCUT2D eigenvalue weighted by atomic mass is 16.2. The lowest BCUT2D eigenvalue weighted by Gasteiger charge is -2.36. The van der Waals surface area contributed by atoms with Gasteiger partial charge in [0.1, 0.15) is 0 Å². The summed E-state index contributed by atoms with van der Waals surface area (Å²) in [6.07, 6.45) is 2.33. The number of nitrogens with zero attached hydrogens (tertiary/aromatic N) is 3. The van der Waals surface area contributed by atoms with Gasteiger partial charge in [0.05, 0.1) is 5.69 Å². The SMILES string of the molecule is CC(NCCC(=O)N1CCN(c2ccccc2)CC1)c1ccccn1. The van der Waals surface area contributed by atoms with E-state index in [1.807, 2.05) is 29.2 Å². The van der Waals surface area contributed by atoms with Crippen LogP contribution in [0.3, 0.4) is 0 Å². The van der Waals surface area contributed by atoms with E-state index >= 15 is 0 Å². The van der Waals surface area contributed by atoms with Crippen LogP contribution in [0.2, 0.25) is 0 Å². The summed E-state index contributed by atoms with van der Waals surface area (Å²) in [5.74, 6) is 0.230. The molecule has 1 unspecified atom stereocenters. The van der Waals surface area contributed by atoms with E-state index in [-0.39, 0.29) is 11.9 Å². The zero-order chi connectivity index (χ0) is 17.5. The van der Waals surface area contributed by atoms with Crippen molar-refractivity contribution in [3.8, 4) is 0 Å². The molecule has 1 aliphatic heterocycles. The Bertz CT molecular complexity index is 654. The van der Waals surface area contributed by atoms with Crippen molar-refractivity contribution < 1.29 is 4.79 Å². The van der Waals surface area contributed by atoms with Gasteiger partial charge >= 0.3 is 0 Å². The van der Waals surface area contributed by atoms with Crippen LogP contribution in [-0.2, 0) is 4.79 Å². The molecule has 1 aromatic carbocycles. The summed E-state index contributed by atoms with van der Waals surface area (Å²) in [5.41, 5.74) is 2.24. The summed E-state index contributed by atoms with van der Waals surface area (Å²) in [5, 5.41) is 3.38. The molecular weight excluding hydrogens is 312 g/mol. The maximum atomic E-state index is 12.4. The largest absolute Gasteiger partial charge is 0.368 e. The number of carbonyl (C=O) groups excluding carboxylic acids is 1. The second-order valence-corrected chi connectivity index (χ2v) is 6.38. The van der Waals surface area contributed by atoms with Crippen LogP contribution < -0.4 is 10.2 Å². The maximum absolute atomic E-state index is 12.4. The van der Waals surface area contributed by atoms with E-state index in [1.54, 1.807) is 6.20 Å². The number of anilines is 1. The second-order valence-electron chi connectivity index (χ2n) is 6.38. The van der Waals surface area contributed by atoms with Crippen molar-refractivity contribution in [2.45, 2.75) is 19.4 Å². The van der Waals surface area contributed by atoms with Gasteiger partial charge in [0.15, 0.2) is 0 Å². The number of pyridine rings is 1. The number of aromatic nitrogens is 1. The topological polar surface area (TPSA) is 48.5 Å². The maximum Gasteiger partial charge on any atom is 0.223 e. The molecule has 0 saturated carbocycles. The number of benzene rings is 1. The number of hydrogen-bond donors (Lipinski definition) is 1. The summed E-state index contributed by atoms with van der Waals surface area (Å²) >= 11 is 0. The number of amides is 1. The molecule has 1 amide bonds. The third kappa shape index (κ3) is 4.79. The molecule has 5 nitrogen and oxygen atoms in total. The Morgan fingerprint density at radius 3 is 2.48 bits per heavy atom. The fraction of sp³-hybridized carbons (Fsp3) is 0.400. The van der Waals surface area contributed by atoms with Gasteiger partial charge in [0, 0.05) is 57.1 Å². The summed E-state index contributed by atoms with van der Waals surface area (Å²) in [6.45, 7) is 6.13. The van der Waals surface area contributed by atoms with Crippen molar-refractivity contribution in [2.75, 3.05) is 37.6 Å². The summed E-state index contributed by atoms with van der Waals surface area (Å²) in [7, 11) is 0. The average Bonchev–Trinajstić information content (AvgIpc) is 2.69. The molecule has 2 heterocycles. The number of para-hydroxylation sites is 1. The van der Waals surface area contributed by atoms with Gasteiger partial charge < -0.3 is 15.1 Å². The molecule has 1 fully saturated rings. The molecule has 0 bridgehead atoms. The molecule has 0 aliphatic carbocycles. The third-order valence-corrected chi connectivity index (χ3v) is 4.67. The summed E-state index contributed by atoms with van der Waals surface area (Å²) < 4.78 is 0. The molecule has 0 radical (unpaired) electrons. The minimum Gasteiger partial charge on any atom is -0.368 e. The lowest BCUT2D eigenvalue weighted by molar-refractivity contribution is -0.131. The van der Waals surface area contributed by atoms with Crippen LogP contribution in [-0.4, -0.2) is 48.5 Å². The van der Waals surface area contributed by atoms with Gasteiger partial charge in [-0.1, -0.05) is 24.3 Å². The van der Waals surface area contributed by atoms with Crippen LogP contribution in [0.15, 0.2) is 54.7 Å². The summed E-state index contributed by atoms with van der Waals surface area (Å²) in [4.78, 5) is 21.1. The van der Waals surface area contributed by atoms with Gasteiger partial charge in [-0.2, -0.15) is 0 Å². The highest BCUT2D eigenvalue weighted by Gasteiger charge is 2.21. The van der Waals surface area contributed by atoms with Crippen molar-refractivity contribution in [3.63, 3.8) is 0 Å². The number of hydrogen-bond acceptors (Lipinski definition) is 4. The van der Waals surface area contributed by atoms with Crippen LogP contribution in [0.4, 0.5) is 5.69 Å². The Labute approximate surface area is 149 Å². The molecular formula is C20H26N4O. The lowest BCUT2D eigenvalue weighted by atomic mass is 10.2. The first kappa shape index (κ1) is 17.4. The standard InChI is InChI=1S/C20H26N4O/c1-17(19-9-5-6-11-22-19)21-12-10-20(25)24-15-13-23(14-16-24)18-7-3-2-4-8-18/h2-9,11,17,21H,10,12-16H2,1H3.